The van der Waals surface area contributed by atoms with Crippen LogP contribution in [0.2, 0.25) is 10.0 Å². The lowest BCUT2D eigenvalue weighted by Crippen LogP contribution is -2.33. The standard InChI is InChI=1S/C14H14Cl2N2O2S/c1-9-13(21-8-17-9)14(20)18(4-5-19)7-10-2-3-11(15)12(16)6-10/h2-3,6,8,19H,4-5,7H2,1H3. The highest BCUT2D eigenvalue weighted by Crippen LogP contribution is 2.24. The Labute approximate surface area is 136 Å². The maximum atomic E-state index is 12.5. The van der Waals surface area contributed by atoms with E-state index in [0.717, 1.165) is 5.56 Å². The summed E-state index contributed by atoms with van der Waals surface area (Å²) in [6.45, 7) is 2.29. The lowest BCUT2D eigenvalue weighted by molar-refractivity contribution is 0.0712. The topological polar surface area (TPSA) is 53.4 Å². The van der Waals surface area contributed by atoms with Gasteiger partial charge in [0.05, 0.1) is 27.9 Å². The van der Waals surface area contributed by atoms with Gasteiger partial charge >= 0.3 is 0 Å². The second kappa shape index (κ2) is 7.22. The number of thiazole rings is 1. The minimum Gasteiger partial charge on any atom is -0.395 e. The highest BCUT2D eigenvalue weighted by Gasteiger charge is 2.19. The van der Waals surface area contributed by atoms with Gasteiger partial charge in [-0.1, -0.05) is 29.3 Å². The Morgan fingerprint density at radius 2 is 2.14 bits per heavy atom. The van der Waals surface area contributed by atoms with Crippen molar-refractivity contribution in [3.63, 3.8) is 0 Å². The zero-order valence-electron chi connectivity index (χ0n) is 11.3. The van der Waals surface area contributed by atoms with E-state index < -0.39 is 0 Å². The highest BCUT2D eigenvalue weighted by molar-refractivity contribution is 7.11. The van der Waals surface area contributed by atoms with Gasteiger partial charge in [0, 0.05) is 13.1 Å². The number of carbonyl (C=O) groups excluding carboxylic acids is 1. The monoisotopic (exact) mass is 344 g/mol. The van der Waals surface area contributed by atoms with Gasteiger partial charge in [-0.05, 0) is 24.6 Å². The molecule has 1 N–H and O–H groups in total. The van der Waals surface area contributed by atoms with Crippen LogP contribution < -0.4 is 0 Å². The predicted octanol–water partition coefficient (Wildman–Crippen LogP) is 3.39. The van der Waals surface area contributed by atoms with Crippen molar-refractivity contribution in [1.29, 1.82) is 0 Å². The van der Waals surface area contributed by atoms with Crippen LogP contribution in [0.4, 0.5) is 0 Å². The summed E-state index contributed by atoms with van der Waals surface area (Å²) in [5.41, 5.74) is 3.19. The zero-order chi connectivity index (χ0) is 15.4. The van der Waals surface area contributed by atoms with Crippen molar-refractivity contribution in [3.05, 3.63) is 49.9 Å². The van der Waals surface area contributed by atoms with Crippen LogP contribution in [0.25, 0.3) is 0 Å². The van der Waals surface area contributed by atoms with Crippen molar-refractivity contribution in [1.82, 2.24) is 9.88 Å². The van der Waals surface area contributed by atoms with Gasteiger partial charge in [-0.3, -0.25) is 4.79 Å². The molecule has 0 unspecified atom stereocenters. The van der Waals surface area contributed by atoms with Gasteiger partial charge in [0.25, 0.3) is 5.91 Å². The molecular formula is C14H14Cl2N2O2S. The summed E-state index contributed by atoms with van der Waals surface area (Å²) >= 11 is 13.2. The fourth-order valence-corrected chi connectivity index (χ4v) is 2.97. The molecule has 1 aromatic heterocycles. The summed E-state index contributed by atoms with van der Waals surface area (Å²) < 4.78 is 0. The van der Waals surface area contributed by atoms with Crippen LogP contribution >= 0.6 is 34.5 Å². The van der Waals surface area contributed by atoms with Crippen molar-refractivity contribution in [2.24, 2.45) is 0 Å². The third kappa shape index (κ3) is 3.95. The van der Waals surface area contributed by atoms with E-state index >= 15 is 0 Å². The van der Waals surface area contributed by atoms with E-state index in [9.17, 15) is 9.90 Å². The normalized spacial score (nSPS) is 10.7. The van der Waals surface area contributed by atoms with E-state index in [4.69, 9.17) is 23.2 Å². The Bertz CT molecular complexity index is 646. The first-order valence-corrected chi connectivity index (χ1v) is 7.90. The van der Waals surface area contributed by atoms with E-state index in [0.29, 0.717) is 27.2 Å². The number of rotatable bonds is 5. The SMILES string of the molecule is Cc1ncsc1C(=O)N(CCO)Cc1ccc(Cl)c(Cl)c1. The van der Waals surface area contributed by atoms with Gasteiger partial charge in [0.1, 0.15) is 4.88 Å². The van der Waals surface area contributed by atoms with E-state index in [1.54, 1.807) is 29.5 Å². The molecule has 0 spiro atoms. The van der Waals surface area contributed by atoms with Crippen LogP contribution in [-0.2, 0) is 6.54 Å². The van der Waals surface area contributed by atoms with Crippen molar-refractivity contribution >= 4 is 40.4 Å². The van der Waals surface area contributed by atoms with Gasteiger partial charge < -0.3 is 10.0 Å². The Kier molecular flexibility index (Phi) is 5.58. The van der Waals surface area contributed by atoms with Crippen LogP contribution in [0.5, 0.6) is 0 Å². The number of hydrogen-bond acceptors (Lipinski definition) is 4. The fourth-order valence-electron chi connectivity index (χ4n) is 1.88. The second-order valence-electron chi connectivity index (χ2n) is 4.47. The molecule has 0 aliphatic carbocycles. The molecule has 1 heterocycles. The molecule has 0 saturated carbocycles. The first-order valence-electron chi connectivity index (χ1n) is 6.27. The first-order chi connectivity index (χ1) is 10.0. The van der Waals surface area contributed by atoms with Gasteiger partial charge in [-0.2, -0.15) is 0 Å². The molecule has 0 aliphatic rings. The van der Waals surface area contributed by atoms with Crippen molar-refractivity contribution in [3.8, 4) is 0 Å². The number of aryl methyl sites for hydroxylation is 1. The molecule has 0 saturated heterocycles. The maximum absolute atomic E-state index is 12.5. The summed E-state index contributed by atoms with van der Waals surface area (Å²) in [7, 11) is 0. The van der Waals surface area contributed by atoms with Crippen LogP contribution in [0.15, 0.2) is 23.7 Å². The Balaban J connectivity index is 2.21. The third-order valence-corrected chi connectivity index (χ3v) is 4.61. The molecule has 2 aromatic rings. The summed E-state index contributed by atoms with van der Waals surface area (Å²) in [5.74, 6) is -0.143. The van der Waals surface area contributed by atoms with E-state index in [-0.39, 0.29) is 19.1 Å². The molecular weight excluding hydrogens is 331 g/mol. The fraction of sp³-hybridized carbons (Fsp3) is 0.286. The number of hydrogen-bond donors (Lipinski definition) is 1. The van der Waals surface area contributed by atoms with Crippen LogP contribution in [0, 0.1) is 6.92 Å². The minimum absolute atomic E-state index is 0.106. The number of halogens is 2. The Morgan fingerprint density at radius 1 is 1.38 bits per heavy atom. The van der Waals surface area contributed by atoms with Gasteiger partial charge in [0.15, 0.2) is 0 Å². The van der Waals surface area contributed by atoms with E-state index in [2.05, 4.69) is 4.98 Å². The average molecular weight is 345 g/mol. The molecule has 1 aromatic carbocycles. The quantitative estimate of drug-likeness (QED) is 0.904. The van der Waals surface area contributed by atoms with Crippen LogP contribution in [0.1, 0.15) is 20.9 Å². The lowest BCUT2D eigenvalue weighted by atomic mass is 10.2. The molecule has 1 amide bonds. The number of benzene rings is 1. The van der Waals surface area contributed by atoms with Gasteiger partial charge in [-0.25, -0.2) is 4.98 Å². The zero-order valence-corrected chi connectivity index (χ0v) is 13.7. The van der Waals surface area contributed by atoms with E-state index in [1.807, 2.05) is 6.07 Å². The molecule has 7 heteroatoms. The molecule has 0 bridgehead atoms. The summed E-state index contributed by atoms with van der Waals surface area (Å²) in [6.07, 6.45) is 0. The molecule has 4 nitrogen and oxygen atoms in total. The predicted molar refractivity (Wildman–Crippen MR) is 85.1 cm³/mol. The number of aromatic nitrogens is 1. The van der Waals surface area contributed by atoms with Gasteiger partial charge in [0.2, 0.25) is 0 Å². The number of carbonyl (C=O) groups is 1. The number of aliphatic hydroxyl groups excluding tert-OH is 1. The first kappa shape index (κ1) is 16.2. The smallest absolute Gasteiger partial charge is 0.266 e. The third-order valence-electron chi connectivity index (χ3n) is 2.95. The summed E-state index contributed by atoms with van der Waals surface area (Å²) in [6, 6.07) is 5.23. The van der Waals surface area contributed by atoms with Crippen molar-refractivity contribution in [2.75, 3.05) is 13.2 Å². The largest absolute Gasteiger partial charge is 0.395 e. The number of nitrogens with zero attached hydrogens (tertiary/aromatic N) is 2. The molecule has 21 heavy (non-hydrogen) atoms. The van der Waals surface area contributed by atoms with Crippen molar-refractivity contribution < 1.29 is 9.90 Å². The number of aliphatic hydroxyl groups is 1. The highest BCUT2D eigenvalue weighted by atomic mass is 35.5. The molecule has 0 fully saturated rings. The molecule has 2 rings (SSSR count). The van der Waals surface area contributed by atoms with Crippen LogP contribution in [-0.4, -0.2) is 34.0 Å². The molecule has 112 valence electrons. The number of amides is 1. The van der Waals surface area contributed by atoms with E-state index in [1.165, 1.54) is 11.3 Å². The van der Waals surface area contributed by atoms with Gasteiger partial charge in [-0.15, -0.1) is 11.3 Å². The molecule has 0 atom stereocenters. The van der Waals surface area contributed by atoms with Crippen molar-refractivity contribution in [2.45, 2.75) is 13.5 Å². The molecule has 0 radical (unpaired) electrons. The summed E-state index contributed by atoms with van der Waals surface area (Å²) in [5, 5.41) is 10.1. The Hall–Kier alpha value is -1.14. The lowest BCUT2D eigenvalue weighted by Gasteiger charge is -2.21. The van der Waals surface area contributed by atoms with Crippen LogP contribution in [0.3, 0.4) is 0 Å². The summed E-state index contributed by atoms with van der Waals surface area (Å²) in [4.78, 5) is 18.7. The Morgan fingerprint density at radius 3 is 2.71 bits per heavy atom. The minimum atomic E-state index is -0.143. The molecule has 0 aliphatic heterocycles. The average Bonchev–Trinajstić information content (AvgIpc) is 2.88. The second-order valence-corrected chi connectivity index (χ2v) is 6.13. The maximum Gasteiger partial charge on any atom is 0.266 e.